The summed E-state index contributed by atoms with van der Waals surface area (Å²) in [6.07, 6.45) is 2.17. The van der Waals surface area contributed by atoms with Gasteiger partial charge in [-0.3, -0.25) is 9.59 Å². The Morgan fingerprint density at radius 2 is 1.54 bits per heavy atom. The molecular weight excluding hydrogens is 332 g/mol. The first-order valence-electron chi connectivity index (χ1n) is 8.12. The van der Waals surface area contributed by atoms with Gasteiger partial charge in [0.15, 0.2) is 0 Å². The van der Waals surface area contributed by atoms with Gasteiger partial charge in [0.25, 0.3) is 5.91 Å². The number of nitrogens with one attached hydrogen (secondary N) is 2. The van der Waals surface area contributed by atoms with Gasteiger partial charge in [0, 0.05) is 29.1 Å². The molecule has 0 saturated carbocycles. The van der Waals surface area contributed by atoms with E-state index in [1.807, 2.05) is 25.1 Å². The van der Waals surface area contributed by atoms with Crippen molar-refractivity contribution >= 4 is 29.2 Å². The lowest BCUT2D eigenvalue weighted by molar-refractivity contribution is -0.137. The van der Waals surface area contributed by atoms with Crippen molar-refractivity contribution in [2.24, 2.45) is 0 Å². The molecule has 2 rings (SSSR count). The highest BCUT2D eigenvalue weighted by atomic mass is 16.5. The maximum Gasteiger partial charge on any atom is 0.330 e. The van der Waals surface area contributed by atoms with E-state index in [-0.39, 0.29) is 12.5 Å². The molecule has 6 heteroatoms. The average molecular weight is 352 g/mol. The molecule has 0 spiro atoms. The summed E-state index contributed by atoms with van der Waals surface area (Å²) in [7, 11) is 0. The van der Waals surface area contributed by atoms with Crippen LogP contribution in [0.15, 0.2) is 60.7 Å². The van der Waals surface area contributed by atoms with Crippen LogP contribution in [-0.4, -0.2) is 24.4 Å². The smallest absolute Gasteiger partial charge is 0.330 e. The van der Waals surface area contributed by atoms with Crippen LogP contribution in [0, 0.1) is 6.92 Å². The van der Waals surface area contributed by atoms with Crippen LogP contribution in [0.3, 0.4) is 0 Å². The van der Waals surface area contributed by atoms with Gasteiger partial charge in [-0.15, -0.1) is 0 Å². The standard InChI is InChI=1S/C20H20N2O4/c1-3-26-19(24)13-12-18(23)21-15-8-10-16(11-9-15)22-20(25)17-7-5-4-6-14(17)2/h4-13H,3H2,1-2H3,(H,21,23)(H,22,25)/b13-12+. The molecule has 0 aromatic heterocycles. The molecule has 2 aromatic carbocycles. The van der Waals surface area contributed by atoms with Crippen molar-refractivity contribution in [2.75, 3.05) is 17.2 Å². The van der Waals surface area contributed by atoms with Crippen LogP contribution in [0.1, 0.15) is 22.8 Å². The van der Waals surface area contributed by atoms with E-state index in [1.165, 1.54) is 0 Å². The Bertz CT molecular complexity index is 826. The Balaban J connectivity index is 1.94. The van der Waals surface area contributed by atoms with Crippen molar-refractivity contribution in [3.8, 4) is 0 Å². The molecule has 0 bridgehead atoms. The fraction of sp³-hybridized carbons (Fsp3) is 0.150. The van der Waals surface area contributed by atoms with E-state index in [0.29, 0.717) is 16.9 Å². The number of anilines is 2. The summed E-state index contributed by atoms with van der Waals surface area (Å²) in [5, 5.41) is 5.42. The van der Waals surface area contributed by atoms with Crippen LogP contribution in [0.4, 0.5) is 11.4 Å². The van der Waals surface area contributed by atoms with Crippen LogP contribution in [-0.2, 0) is 14.3 Å². The van der Waals surface area contributed by atoms with Crippen molar-refractivity contribution < 1.29 is 19.1 Å². The molecule has 26 heavy (non-hydrogen) atoms. The number of hydrogen-bond acceptors (Lipinski definition) is 4. The van der Waals surface area contributed by atoms with Crippen molar-refractivity contribution in [3.63, 3.8) is 0 Å². The van der Waals surface area contributed by atoms with E-state index in [2.05, 4.69) is 10.6 Å². The lowest BCUT2D eigenvalue weighted by Gasteiger charge is -2.08. The van der Waals surface area contributed by atoms with E-state index < -0.39 is 11.9 Å². The van der Waals surface area contributed by atoms with Crippen molar-refractivity contribution in [1.82, 2.24) is 0 Å². The Labute approximate surface area is 151 Å². The van der Waals surface area contributed by atoms with Crippen LogP contribution < -0.4 is 10.6 Å². The molecule has 134 valence electrons. The first-order valence-corrected chi connectivity index (χ1v) is 8.12. The minimum atomic E-state index is -0.572. The highest BCUT2D eigenvalue weighted by Gasteiger charge is 2.08. The van der Waals surface area contributed by atoms with E-state index in [4.69, 9.17) is 4.74 Å². The third kappa shape index (κ3) is 5.59. The molecule has 0 unspecified atom stereocenters. The van der Waals surface area contributed by atoms with Crippen molar-refractivity contribution in [2.45, 2.75) is 13.8 Å². The third-order valence-corrected chi connectivity index (χ3v) is 3.46. The maximum atomic E-state index is 12.3. The summed E-state index contributed by atoms with van der Waals surface area (Å²) >= 11 is 0. The first-order chi connectivity index (χ1) is 12.5. The molecule has 0 aliphatic rings. The third-order valence-electron chi connectivity index (χ3n) is 3.46. The van der Waals surface area contributed by atoms with Gasteiger partial charge >= 0.3 is 5.97 Å². The molecule has 0 saturated heterocycles. The molecule has 0 aliphatic carbocycles. The molecule has 0 heterocycles. The second-order valence-electron chi connectivity index (χ2n) is 5.42. The first kappa shape index (κ1) is 18.9. The zero-order valence-electron chi connectivity index (χ0n) is 14.6. The molecular formula is C20H20N2O4. The van der Waals surface area contributed by atoms with Gasteiger partial charge in [0.1, 0.15) is 0 Å². The largest absolute Gasteiger partial charge is 0.463 e. The minimum absolute atomic E-state index is 0.197. The molecule has 0 aliphatic heterocycles. The monoisotopic (exact) mass is 352 g/mol. The SMILES string of the molecule is CCOC(=O)/C=C/C(=O)Nc1ccc(NC(=O)c2ccccc2C)cc1. The van der Waals surface area contributed by atoms with Crippen LogP contribution in [0.5, 0.6) is 0 Å². The molecule has 0 fully saturated rings. The van der Waals surface area contributed by atoms with Crippen molar-refractivity contribution in [1.29, 1.82) is 0 Å². The maximum absolute atomic E-state index is 12.3. The van der Waals surface area contributed by atoms with E-state index in [0.717, 1.165) is 17.7 Å². The number of carbonyl (C=O) groups is 3. The highest BCUT2D eigenvalue weighted by molar-refractivity contribution is 6.05. The molecule has 2 amide bonds. The fourth-order valence-electron chi connectivity index (χ4n) is 2.18. The normalized spacial score (nSPS) is 10.4. The van der Waals surface area contributed by atoms with Gasteiger partial charge < -0.3 is 15.4 Å². The van der Waals surface area contributed by atoms with E-state index >= 15 is 0 Å². The summed E-state index contributed by atoms with van der Waals surface area (Å²) < 4.78 is 4.69. The second-order valence-corrected chi connectivity index (χ2v) is 5.42. The molecule has 0 radical (unpaired) electrons. The van der Waals surface area contributed by atoms with E-state index in [1.54, 1.807) is 37.3 Å². The summed E-state index contributed by atoms with van der Waals surface area (Å²) in [6.45, 7) is 3.81. The van der Waals surface area contributed by atoms with Gasteiger partial charge in [-0.2, -0.15) is 0 Å². The lowest BCUT2D eigenvalue weighted by Crippen LogP contribution is -2.13. The summed E-state index contributed by atoms with van der Waals surface area (Å²) in [5.74, 6) is -1.22. The molecule has 6 nitrogen and oxygen atoms in total. The van der Waals surface area contributed by atoms with Crippen LogP contribution in [0.2, 0.25) is 0 Å². The predicted molar refractivity (Wildman–Crippen MR) is 100.0 cm³/mol. The fourth-order valence-corrected chi connectivity index (χ4v) is 2.18. The molecule has 2 N–H and O–H groups in total. The van der Waals surface area contributed by atoms with Gasteiger partial charge in [0.2, 0.25) is 5.91 Å². The number of amides is 2. The Morgan fingerprint density at radius 1 is 0.923 bits per heavy atom. The van der Waals surface area contributed by atoms with Crippen molar-refractivity contribution in [3.05, 3.63) is 71.8 Å². The zero-order valence-corrected chi connectivity index (χ0v) is 14.6. The van der Waals surface area contributed by atoms with E-state index in [9.17, 15) is 14.4 Å². The average Bonchev–Trinajstić information content (AvgIpc) is 2.62. The number of ether oxygens (including phenoxy) is 1. The minimum Gasteiger partial charge on any atom is -0.463 e. The number of hydrogen-bond donors (Lipinski definition) is 2. The van der Waals surface area contributed by atoms with Crippen LogP contribution in [0.25, 0.3) is 0 Å². The topological polar surface area (TPSA) is 84.5 Å². The number of carbonyl (C=O) groups excluding carboxylic acids is 3. The van der Waals surface area contributed by atoms with Gasteiger partial charge in [-0.25, -0.2) is 4.79 Å². The number of aryl methyl sites for hydroxylation is 1. The summed E-state index contributed by atoms with van der Waals surface area (Å²) in [5.41, 5.74) is 2.65. The van der Waals surface area contributed by atoms with Gasteiger partial charge in [-0.1, -0.05) is 18.2 Å². The zero-order chi connectivity index (χ0) is 18.9. The summed E-state index contributed by atoms with van der Waals surface area (Å²) in [6, 6.07) is 14.0. The summed E-state index contributed by atoms with van der Waals surface area (Å²) in [4.78, 5) is 35.2. The number of benzene rings is 2. The van der Waals surface area contributed by atoms with Gasteiger partial charge in [0.05, 0.1) is 6.61 Å². The highest BCUT2D eigenvalue weighted by Crippen LogP contribution is 2.16. The number of rotatable bonds is 6. The molecule has 2 aromatic rings. The van der Waals surface area contributed by atoms with Gasteiger partial charge in [-0.05, 0) is 49.7 Å². The number of esters is 1. The Hall–Kier alpha value is -3.41. The Kier molecular flexibility index (Phi) is 6.68. The quantitative estimate of drug-likeness (QED) is 0.617. The lowest BCUT2D eigenvalue weighted by atomic mass is 10.1. The second kappa shape index (κ2) is 9.17. The van der Waals surface area contributed by atoms with Crippen LogP contribution >= 0.6 is 0 Å². The molecule has 0 atom stereocenters. The predicted octanol–water partition coefficient (Wildman–Crippen LogP) is 3.31. The Morgan fingerprint density at radius 3 is 2.15 bits per heavy atom.